The van der Waals surface area contributed by atoms with Gasteiger partial charge in [-0.2, -0.15) is 4.98 Å². The first-order valence-corrected chi connectivity index (χ1v) is 7.06. The third kappa shape index (κ3) is 3.76. The van der Waals surface area contributed by atoms with Gasteiger partial charge in [0.15, 0.2) is 0 Å². The molecule has 1 N–H and O–H groups in total. The van der Waals surface area contributed by atoms with Crippen LogP contribution in [-0.2, 0) is 11.2 Å². The molecule has 1 aliphatic heterocycles. The van der Waals surface area contributed by atoms with Crippen LogP contribution in [0.5, 0.6) is 0 Å². The summed E-state index contributed by atoms with van der Waals surface area (Å²) in [5.41, 5.74) is -0.0371. The molecule has 0 aliphatic carbocycles. The molecule has 1 aliphatic rings. The maximum Gasteiger partial charge on any atom is 0.227 e. The Morgan fingerprint density at radius 3 is 2.63 bits per heavy atom. The molecule has 1 atom stereocenters. The minimum atomic E-state index is -0.127. The Labute approximate surface area is 115 Å². The SMILES string of the molecule is COC(c1noc(CC2CCNCC2)n1)C(C)(C)C. The van der Waals surface area contributed by atoms with Crippen LogP contribution >= 0.6 is 0 Å². The third-order valence-electron chi connectivity index (χ3n) is 3.66. The normalized spacial score (nSPS) is 19.6. The molecular formula is C14H25N3O2. The van der Waals surface area contributed by atoms with Gasteiger partial charge >= 0.3 is 0 Å². The van der Waals surface area contributed by atoms with Gasteiger partial charge < -0.3 is 14.6 Å². The molecule has 0 radical (unpaired) electrons. The molecule has 0 saturated carbocycles. The highest BCUT2D eigenvalue weighted by Crippen LogP contribution is 2.34. The Morgan fingerprint density at radius 1 is 1.37 bits per heavy atom. The first-order valence-electron chi connectivity index (χ1n) is 7.06. The van der Waals surface area contributed by atoms with Crippen molar-refractivity contribution in [2.24, 2.45) is 11.3 Å². The topological polar surface area (TPSA) is 60.2 Å². The Bertz CT molecular complexity index is 392. The number of ether oxygens (including phenoxy) is 1. The van der Waals surface area contributed by atoms with Gasteiger partial charge in [0.1, 0.15) is 6.10 Å². The zero-order chi connectivity index (χ0) is 13.9. The van der Waals surface area contributed by atoms with Gasteiger partial charge in [0, 0.05) is 13.5 Å². The van der Waals surface area contributed by atoms with Crippen molar-refractivity contribution < 1.29 is 9.26 Å². The second kappa shape index (κ2) is 6.01. The summed E-state index contributed by atoms with van der Waals surface area (Å²) in [5.74, 6) is 2.07. The van der Waals surface area contributed by atoms with Crippen LogP contribution in [0.2, 0.25) is 0 Å². The molecule has 5 nitrogen and oxygen atoms in total. The molecule has 0 aromatic carbocycles. The number of methoxy groups -OCH3 is 1. The summed E-state index contributed by atoms with van der Waals surface area (Å²) in [4.78, 5) is 4.52. The van der Waals surface area contributed by atoms with Gasteiger partial charge in [-0.3, -0.25) is 0 Å². The first kappa shape index (κ1) is 14.5. The fraction of sp³-hybridized carbons (Fsp3) is 0.857. The highest BCUT2D eigenvalue weighted by molar-refractivity contribution is 4.97. The van der Waals surface area contributed by atoms with E-state index in [1.807, 2.05) is 0 Å². The van der Waals surface area contributed by atoms with Crippen LogP contribution in [0, 0.1) is 11.3 Å². The molecule has 0 spiro atoms. The van der Waals surface area contributed by atoms with Crippen LogP contribution in [0.4, 0.5) is 0 Å². The predicted octanol–water partition coefficient (Wildman–Crippen LogP) is 2.35. The average Bonchev–Trinajstić information content (AvgIpc) is 2.77. The number of nitrogens with one attached hydrogen (secondary N) is 1. The zero-order valence-electron chi connectivity index (χ0n) is 12.4. The highest BCUT2D eigenvalue weighted by Gasteiger charge is 2.30. The largest absolute Gasteiger partial charge is 0.373 e. The van der Waals surface area contributed by atoms with Crippen molar-refractivity contribution in [3.05, 3.63) is 11.7 Å². The monoisotopic (exact) mass is 267 g/mol. The predicted molar refractivity (Wildman–Crippen MR) is 72.8 cm³/mol. The van der Waals surface area contributed by atoms with E-state index >= 15 is 0 Å². The van der Waals surface area contributed by atoms with E-state index in [0.29, 0.717) is 11.7 Å². The Hall–Kier alpha value is -0.940. The fourth-order valence-corrected chi connectivity index (χ4v) is 2.64. The third-order valence-corrected chi connectivity index (χ3v) is 3.66. The molecule has 19 heavy (non-hydrogen) atoms. The number of hydrogen-bond acceptors (Lipinski definition) is 5. The summed E-state index contributed by atoms with van der Waals surface area (Å²) >= 11 is 0. The minimum Gasteiger partial charge on any atom is -0.373 e. The molecule has 1 saturated heterocycles. The molecule has 1 fully saturated rings. The van der Waals surface area contributed by atoms with E-state index in [1.54, 1.807) is 7.11 Å². The number of aromatic nitrogens is 2. The Morgan fingerprint density at radius 2 is 2.05 bits per heavy atom. The summed E-state index contributed by atoms with van der Waals surface area (Å²) in [6.45, 7) is 8.53. The van der Waals surface area contributed by atoms with Crippen LogP contribution in [-0.4, -0.2) is 30.3 Å². The lowest BCUT2D eigenvalue weighted by Gasteiger charge is -2.26. The molecule has 1 aromatic heterocycles. The molecular weight excluding hydrogens is 242 g/mol. The molecule has 1 aromatic rings. The molecule has 2 heterocycles. The van der Waals surface area contributed by atoms with Crippen LogP contribution in [0.25, 0.3) is 0 Å². The van der Waals surface area contributed by atoms with Crippen molar-refractivity contribution in [1.82, 2.24) is 15.5 Å². The van der Waals surface area contributed by atoms with Crippen molar-refractivity contribution >= 4 is 0 Å². The van der Waals surface area contributed by atoms with E-state index < -0.39 is 0 Å². The maximum absolute atomic E-state index is 5.51. The second-order valence-corrected chi connectivity index (χ2v) is 6.43. The van der Waals surface area contributed by atoms with E-state index in [4.69, 9.17) is 9.26 Å². The number of piperidine rings is 1. The maximum atomic E-state index is 5.51. The lowest BCUT2D eigenvalue weighted by atomic mass is 9.88. The van der Waals surface area contributed by atoms with Crippen molar-refractivity contribution in [3.63, 3.8) is 0 Å². The number of rotatable bonds is 4. The van der Waals surface area contributed by atoms with E-state index in [0.717, 1.165) is 25.4 Å². The number of hydrogen-bond donors (Lipinski definition) is 1. The van der Waals surface area contributed by atoms with Gasteiger partial charge in [-0.05, 0) is 37.3 Å². The zero-order valence-corrected chi connectivity index (χ0v) is 12.4. The van der Waals surface area contributed by atoms with E-state index in [-0.39, 0.29) is 11.5 Å². The first-order chi connectivity index (χ1) is 9.00. The molecule has 5 heteroatoms. The lowest BCUT2D eigenvalue weighted by molar-refractivity contribution is 0.00718. The lowest BCUT2D eigenvalue weighted by Crippen LogP contribution is -2.28. The van der Waals surface area contributed by atoms with E-state index in [2.05, 4.69) is 36.2 Å². The van der Waals surface area contributed by atoms with Gasteiger partial charge in [0.05, 0.1) is 0 Å². The Kier molecular flexibility index (Phi) is 4.58. The van der Waals surface area contributed by atoms with Crippen molar-refractivity contribution in [2.45, 2.75) is 46.1 Å². The van der Waals surface area contributed by atoms with Crippen LogP contribution < -0.4 is 5.32 Å². The van der Waals surface area contributed by atoms with Gasteiger partial charge in [-0.25, -0.2) is 0 Å². The van der Waals surface area contributed by atoms with Crippen molar-refractivity contribution in [1.29, 1.82) is 0 Å². The van der Waals surface area contributed by atoms with Gasteiger partial charge in [0.25, 0.3) is 0 Å². The number of nitrogens with zero attached hydrogens (tertiary/aromatic N) is 2. The van der Waals surface area contributed by atoms with Crippen LogP contribution in [0.1, 0.15) is 51.4 Å². The summed E-state index contributed by atoms with van der Waals surface area (Å²) in [6.07, 6.45) is 3.13. The Balaban J connectivity index is 2.01. The average molecular weight is 267 g/mol. The molecule has 2 rings (SSSR count). The quantitative estimate of drug-likeness (QED) is 0.907. The summed E-state index contributed by atoms with van der Waals surface area (Å²) in [6, 6.07) is 0. The molecule has 1 unspecified atom stereocenters. The van der Waals surface area contributed by atoms with Gasteiger partial charge in [-0.1, -0.05) is 25.9 Å². The minimum absolute atomic E-state index is 0.0371. The summed E-state index contributed by atoms with van der Waals surface area (Å²) in [5, 5.41) is 7.46. The molecule has 108 valence electrons. The van der Waals surface area contributed by atoms with Crippen molar-refractivity contribution in [2.75, 3.05) is 20.2 Å². The van der Waals surface area contributed by atoms with Gasteiger partial charge in [0.2, 0.25) is 11.7 Å². The summed E-state index contributed by atoms with van der Waals surface area (Å²) < 4.78 is 10.9. The van der Waals surface area contributed by atoms with Crippen LogP contribution in [0.3, 0.4) is 0 Å². The standard InChI is InChI=1S/C14H25N3O2/c1-14(2,3)12(18-4)13-16-11(19-17-13)9-10-5-7-15-8-6-10/h10,12,15H,5-9H2,1-4H3. The van der Waals surface area contributed by atoms with Crippen LogP contribution in [0.15, 0.2) is 4.52 Å². The molecule has 0 amide bonds. The smallest absolute Gasteiger partial charge is 0.227 e. The second-order valence-electron chi connectivity index (χ2n) is 6.43. The van der Waals surface area contributed by atoms with Gasteiger partial charge in [-0.15, -0.1) is 0 Å². The van der Waals surface area contributed by atoms with Crippen molar-refractivity contribution in [3.8, 4) is 0 Å². The van der Waals surface area contributed by atoms with E-state index in [1.165, 1.54) is 12.8 Å². The van der Waals surface area contributed by atoms with E-state index in [9.17, 15) is 0 Å². The molecule has 0 bridgehead atoms. The summed E-state index contributed by atoms with van der Waals surface area (Å²) in [7, 11) is 1.69. The highest BCUT2D eigenvalue weighted by atomic mass is 16.5. The fourth-order valence-electron chi connectivity index (χ4n) is 2.64.